The van der Waals surface area contributed by atoms with Crippen molar-refractivity contribution in [1.82, 2.24) is 0 Å². The number of hydrogen-bond donors (Lipinski definition) is 0. The van der Waals surface area contributed by atoms with Crippen LogP contribution in [0.1, 0.15) is 23.1 Å². The molecular weight excluding hydrogens is 222 g/mol. The summed E-state index contributed by atoms with van der Waals surface area (Å²) in [7, 11) is -3.32. The van der Waals surface area contributed by atoms with Gasteiger partial charge in [-0.3, -0.25) is 0 Å². The number of hydrogen-bond acceptors (Lipinski definition) is 3. The van der Waals surface area contributed by atoms with E-state index in [0.29, 0.717) is 4.90 Å². The summed E-state index contributed by atoms with van der Waals surface area (Å²) < 4.78 is 24.0. The fourth-order valence-electron chi connectivity index (χ4n) is 1.94. The van der Waals surface area contributed by atoms with Crippen LogP contribution in [0.5, 0.6) is 0 Å². The highest BCUT2D eigenvalue weighted by molar-refractivity contribution is 7.91. The zero-order valence-corrected chi connectivity index (χ0v) is 10.6. The molecule has 0 N–H and O–H groups in total. The first kappa shape index (κ1) is 12.7. The molecule has 0 saturated carbocycles. The van der Waals surface area contributed by atoms with Crippen molar-refractivity contribution in [1.29, 1.82) is 5.26 Å². The SMILES string of the molecule is Cc1cc(C)c(S(=O)(=O)CCC#N)c(C)c1. The van der Waals surface area contributed by atoms with Crippen molar-refractivity contribution in [2.75, 3.05) is 5.75 Å². The Kier molecular flexibility index (Phi) is 3.71. The van der Waals surface area contributed by atoms with Crippen LogP contribution in [0.25, 0.3) is 0 Å². The molecule has 0 radical (unpaired) electrons. The maximum atomic E-state index is 12.0. The molecule has 0 aliphatic carbocycles. The molecule has 4 heteroatoms. The lowest BCUT2D eigenvalue weighted by molar-refractivity contribution is 0.594. The number of nitriles is 1. The van der Waals surface area contributed by atoms with E-state index < -0.39 is 9.84 Å². The van der Waals surface area contributed by atoms with Crippen molar-refractivity contribution in [2.45, 2.75) is 32.1 Å². The lowest BCUT2D eigenvalue weighted by atomic mass is 10.1. The van der Waals surface area contributed by atoms with Crippen LogP contribution in [-0.4, -0.2) is 14.2 Å². The molecule has 0 unspecified atom stereocenters. The minimum Gasteiger partial charge on any atom is -0.224 e. The predicted molar refractivity (Wildman–Crippen MR) is 62.9 cm³/mol. The normalized spacial score (nSPS) is 11.1. The standard InChI is InChI=1S/C12H15NO2S/c1-9-7-10(2)12(11(3)8-9)16(14,15)6-4-5-13/h7-8H,4,6H2,1-3H3. The average Bonchev–Trinajstić information content (AvgIpc) is 2.12. The van der Waals surface area contributed by atoms with E-state index in [2.05, 4.69) is 0 Å². The summed E-state index contributed by atoms with van der Waals surface area (Å²) >= 11 is 0. The van der Waals surface area contributed by atoms with E-state index in [1.807, 2.05) is 25.1 Å². The molecule has 0 bridgehead atoms. The molecular formula is C12H15NO2S. The smallest absolute Gasteiger partial charge is 0.179 e. The molecule has 1 aromatic carbocycles. The van der Waals surface area contributed by atoms with E-state index in [4.69, 9.17) is 5.26 Å². The summed E-state index contributed by atoms with van der Waals surface area (Å²) in [6, 6.07) is 5.57. The van der Waals surface area contributed by atoms with Crippen molar-refractivity contribution in [3.8, 4) is 6.07 Å². The highest BCUT2D eigenvalue weighted by atomic mass is 32.2. The van der Waals surface area contributed by atoms with Gasteiger partial charge in [-0.15, -0.1) is 0 Å². The maximum absolute atomic E-state index is 12.0. The second-order valence-corrected chi connectivity index (χ2v) is 6.00. The van der Waals surface area contributed by atoms with E-state index in [-0.39, 0.29) is 12.2 Å². The number of rotatable bonds is 3. The summed E-state index contributed by atoms with van der Waals surface area (Å²) in [6.07, 6.45) is 0.0368. The van der Waals surface area contributed by atoms with Crippen LogP contribution in [0, 0.1) is 32.1 Å². The second kappa shape index (κ2) is 4.67. The zero-order chi connectivity index (χ0) is 12.3. The lowest BCUT2D eigenvalue weighted by Crippen LogP contribution is -2.10. The van der Waals surface area contributed by atoms with E-state index in [1.54, 1.807) is 13.8 Å². The van der Waals surface area contributed by atoms with Gasteiger partial charge in [-0.05, 0) is 31.9 Å². The van der Waals surface area contributed by atoms with E-state index >= 15 is 0 Å². The van der Waals surface area contributed by atoms with Gasteiger partial charge in [0.25, 0.3) is 0 Å². The largest absolute Gasteiger partial charge is 0.224 e. The number of sulfone groups is 1. The Morgan fingerprint density at radius 2 is 1.69 bits per heavy atom. The minimum atomic E-state index is -3.32. The molecule has 0 aliphatic rings. The molecule has 0 aliphatic heterocycles. The monoisotopic (exact) mass is 237 g/mol. The molecule has 0 fully saturated rings. The Labute approximate surface area is 96.6 Å². The first-order chi connectivity index (χ1) is 7.38. The van der Waals surface area contributed by atoms with E-state index in [0.717, 1.165) is 16.7 Å². The summed E-state index contributed by atoms with van der Waals surface area (Å²) in [5, 5.41) is 8.44. The average molecular weight is 237 g/mol. The Hall–Kier alpha value is -1.34. The van der Waals surface area contributed by atoms with Crippen LogP contribution in [0.2, 0.25) is 0 Å². The van der Waals surface area contributed by atoms with Crippen molar-refractivity contribution in [2.24, 2.45) is 0 Å². The Morgan fingerprint density at radius 1 is 1.19 bits per heavy atom. The van der Waals surface area contributed by atoms with Crippen LogP contribution in [0.3, 0.4) is 0 Å². The molecule has 86 valence electrons. The van der Waals surface area contributed by atoms with Gasteiger partial charge in [-0.1, -0.05) is 17.7 Å². The molecule has 3 nitrogen and oxygen atoms in total. The topological polar surface area (TPSA) is 57.9 Å². The molecule has 0 spiro atoms. The molecule has 0 amide bonds. The summed E-state index contributed by atoms with van der Waals surface area (Å²) in [4.78, 5) is 0.383. The number of benzene rings is 1. The summed E-state index contributed by atoms with van der Waals surface area (Å²) in [5.41, 5.74) is 2.57. The lowest BCUT2D eigenvalue weighted by Gasteiger charge is -2.11. The van der Waals surface area contributed by atoms with E-state index in [9.17, 15) is 8.42 Å². The van der Waals surface area contributed by atoms with Gasteiger partial charge in [-0.25, -0.2) is 8.42 Å². The van der Waals surface area contributed by atoms with Crippen LogP contribution in [-0.2, 0) is 9.84 Å². The number of aryl methyl sites for hydroxylation is 3. The third kappa shape index (κ3) is 2.61. The van der Waals surface area contributed by atoms with Crippen molar-refractivity contribution >= 4 is 9.84 Å². The highest BCUT2D eigenvalue weighted by Crippen LogP contribution is 2.23. The fourth-order valence-corrected chi connectivity index (χ4v) is 3.60. The van der Waals surface area contributed by atoms with Gasteiger partial charge in [0.1, 0.15) is 0 Å². The predicted octanol–water partition coefficient (Wildman–Crippen LogP) is 2.30. The van der Waals surface area contributed by atoms with Crippen LogP contribution >= 0.6 is 0 Å². The van der Waals surface area contributed by atoms with E-state index in [1.165, 1.54) is 0 Å². The van der Waals surface area contributed by atoms with Gasteiger partial charge < -0.3 is 0 Å². The maximum Gasteiger partial charge on any atom is 0.179 e. The van der Waals surface area contributed by atoms with Gasteiger partial charge in [-0.2, -0.15) is 5.26 Å². The van der Waals surface area contributed by atoms with Gasteiger partial charge in [0.05, 0.1) is 16.7 Å². The molecule has 0 aromatic heterocycles. The van der Waals surface area contributed by atoms with Gasteiger partial charge in [0.15, 0.2) is 9.84 Å². The van der Waals surface area contributed by atoms with Gasteiger partial charge in [0.2, 0.25) is 0 Å². The van der Waals surface area contributed by atoms with Crippen LogP contribution in [0.15, 0.2) is 17.0 Å². The molecule has 1 aromatic rings. The molecule has 0 saturated heterocycles. The molecule has 1 rings (SSSR count). The van der Waals surface area contributed by atoms with Crippen molar-refractivity contribution in [3.63, 3.8) is 0 Å². The zero-order valence-electron chi connectivity index (χ0n) is 9.74. The van der Waals surface area contributed by atoms with Crippen LogP contribution < -0.4 is 0 Å². The fraction of sp³-hybridized carbons (Fsp3) is 0.417. The Morgan fingerprint density at radius 3 is 2.12 bits per heavy atom. The third-order valence-corrected chi connectivity index (χ3v) is 4.41. The van der Waals surface area contributed by atoms with Crippen molar-refractivity contribution in [3.05, 3.63) is 28.8 Å². The summed E-state index contributed by atoms with van der Waals surface area (Å²) in [5.74, 6) is -0.103. The van der Waals surface area contributed by atoms with Gasteiger partial charge in [0, 0.05) is 6.42 Å². The Balaban J connectivity index is 3.29. The van der Waals surface area contributed by atoms with Crippen LogP contribution in [0.4, 0.5) is 0 Å². The van der Waals surface area contributed by atoms with Crippen molar-refractivity contribution < 1.29 is 8.42 Å². The number of nitrogens with zero attached hydrogens (tertiary/aromatic N) is 1. The quantitative estimate of drug-likeness (QED) is 0.810. The summed E-state index contributed by atoms with van der Waals surface area (Å²) in [6.45, 7) is 5.52. The highest BCUT2D eigenvalue weighted by Gasteiger charge is 2.19. The molecule has 16 heavy (non-hydrogen) atoms. The Bertz CT molecular complexity index is 516. The molecule has 0 atom stereocenters. The second-order valence-electron chi connectivity index (χ2n) is 3.95. The third-order valence-electron chi connectivity index (χ3n) is 2.40. The first-order valence-electron chi connectivity index (χ1n) is 5.06. The minimum absolute atomic E-state index is 0.0368. The van der Waals surface area contributed by atoms with Gasteiger partial charge >= 0.3 is 0 Å². The molecule has 0 heterocycles. The first-order valence-corrected chi connectivity index (χ1v) is 6.71.